The van der Waals surface area contributed by atoms with Crippen molar-refractivity contribution in [3.05, 3.63) is 72.6 Å². The first-order chi connectivity index (χ1) is 12.8. The van der Waals surface area contributed by atoms with Crippen LogP contribution in [0.4, 0.5) is 0 Å². The zero-order chi connectivity index (χ0) is 17.8. The van der Waals surface area contributed by atoms with Gasteiger partial charge in [-0.2, -0.15) is 5.10 Å². The summed E-state index contributed by atoms with van der Waals surface area (Å²) in [7, 11) is 0. The Labute approximate surface area is 151 Å². The van der Waals surface area contributed by atoms with E-state index in [1.165, 1.54) is 0 Å². The van der Waals surface area contributed by atoms with Gasteiger partial charge in [0.05, 0.1) is 11.4 Å². The average molecular weight is 349 g/mol. The number of rotatable bonds is 5. The van der Waals surface area contributed by atoms with Crippen LogP contribution in [0.5, 0.6) is 11.5 Å². The molecule has 1 aliphatic heterocycles. The molecule has 6 nitrogen and oxygen atoms in total. The number of para-hydroxylation sites is 3. The van der Waals surface area contributed by atoms with Crippen molar-refractivity contribution in [1.29, 1.82) is 0 Å². The van der Waals surface area contributed by atoms with Crippen LogP contribution in [0.25, 0.3) is 5.69 Å². The van der Waals surface area contributed by atoms with Gasteiger partial charge in [-0.3, -0.25) is 4.79 Å². The van der Waals surface area contributed by atoms with Gasteiger partial charge in [0, 0.05) is 19.2 Å². The highest BCUT2D eigenvalue weighted by Gasteiger charge is 2.26. The number of carbonyl (C=O) groups is 1. The fourth-order valence-corrected chi connectivity index (χ4v) is 2.80. The SMILES string of the molecule is O=C(NCCc1ccn(-c2ccccc2)n1)[C@H]1COc2ccccc2O1. The lowest BCUT2D eigenvalue weighted by atomic mass is 10.2. The first kappa shape index (κ1) is 16.2. The molecule has 0 fully saturated rings. The quantitative estimate of drug-likeness (QED) is 0.768. The van der Waals surface area contributed by atoms with Gasteiger partial charge in [-0.1, -0.05) is 30.3 Å². The molecule has 132 valence electrons. The lowest BCUT2D eigenvalue weighted by Crippen LogP contribution is -2.44. The maximum Gasteiger partial charge on any atom is 0.264 e. The minimum absolute atomic E-state index is 0.179. The summed E-state index contributed by atoms with van der Waals surface area (Å²) >= 11 is 0. The smallest absolute Gasteiger partial charge is 0.264 e. The number of hydrogen-bond donors (Lipinski definition) is 1. The maximum absolute atomic E-state index is 12.3. The molecule has 3 aromatic rings. The summed E-state index contributed by atoms with van der Waals surface area (Å²) in [4.78, 5) is 12.3. The second-order valence-corrected chi connectivity index (χ2v) is 5.99. The van der Waals surface area contributed by atoms with E-state index in [-0.39, 0.29) is 12.5 Å². The number of ether oxygens (including phenoxy) is 2. The Balaban J connectivity index is 1.29. The van der Waals surface area contributed by atoms with Crippen molar-refractivity contribution in [2.24, 2.45) is 0 Å². The third-order valence-electron chi connectivity index (χ3n) is 4.15. The Morgan fingerprint density at radius 1 is 1.08 bits per heavy atom. The van der Waals surface area contributed by atoms with Crippen LogP contribution in [0, 0.1) is 0 Å². The number of nitrogens with zero attached hydrogens (tertiary/aromatic N) is 2. The number of nitrogens with one attached hydrogen (secondary N) is 1. The molecule has 0 saturated carbocycles. The molecule has 2 heterocycles. The zero-order valence-corrected chi connectivity index (χ0v) is 14.2. The molecule has 0 aliphatic carbocycles. The Morgan fingerprint density at radius 3 is 2.69 bits per heavy atom. The minimum atomic E-state index is -0.633. The molecule has 0 unspecified atom stereocenters. The van der Waals surface area contributed by atoms with E-state index in [0.717, 1.165) is 11.4 Å². The summed E-state index contributed by atoms with van der Waals surface area (Å²) in [6.45, 7) is 0.706. The fraction of sp³-hybridized carbons (Fsp3) is 0.200. The van der Waals surface area contributed by atoms with Crippen molar-refractivity contribution in [3.8, 4) is 17.2 Å². The highest BCUT2D eigenvalue weighted by molar-refractivity contribution is 5.81. The van der Waals surface area contributed by atoms with Crippen molar-refractivity contribution in [3.63, 3.8) is 0 Å². The second kappa shape index (κ2) is 7.31. The topological polar surface area (TPSA) is 65.4 Å². The molecule has 1 N–H and O–H groups in total. The summed E-state index contributed by atoms with van der Waals surface area (Å²) in [5, 5.41) is 7.42. The molecule has 0 bridgehead atoms. The third kappa shape index (κ3) is 3.54. The van der Waals surface area contributed by atoms with Crippen molar-refractivity contribution in [2.45, 2.75) is 12.5 Å². The molecule has 0 saturated heterocycles. The normalized spacial score (nSPS) is 15.5. The van der Waals surface area contributed by atoms with Gasteiger partial charge in [0.2, 0.25) is 6.10 Å². The Bertz CT molecular complexity index is 892. The van der Waals surface area contributed by atoms with Crippen LogP contribution < -0.4 is 14.8 Å². The molecule has 6 heteroatoms. The summed E-state index contributed by atoms with van der Waals surface area (Å²) in [6.07, 6.45) is 1.93. The van der Waals surface area contributed by atoms with Crippen molar-refractivity contribution < 1.29 is 14.3 Å². The Hall–Kier alpha value is -3.28. The molecular weight excluding hydrogens is 330 g/mol. The van der Waals surface area contributed by atoms with E-state index in [4.69, 9.17) is 9.47 Å². The van der Waals surface area contributed by atoms with E-state index in [0.29, 0.717) is 24.5 Å². The van der Waals surface area contributed by atoms with E-state index in [1.807, 2.05) is 65.5 Å². The first-order valence-electron chi connectivity index (χ1n) is 8.56. The van der Waals surface area contributed by atoms with Crippen LogP contribution in [0.2, 0.25) is 0 Å². The standard InChI is InChI=1S/C20H19N3O3/c24-20(19-14-25-17-8-4-5-9-18(17)26-19)21-12-10-15-11-13-23(22-15)16-6-2-1-3-7-16/h1-9,11,13,19H,10,12,14H2,(H,21,24)/t19-/m1/s1. The molecule has 4 rings (SSSR count). The summed E-state index contributed by atoms with van der Waals surface area (Å²) < 4.78 is 13.1. The number of aromatic nitrogens is 2. The van der Waals surface area contributed by atoms with Gasteiger partial charge in [0.25, 0.3) is 5.91 Å². The van der Waals surface area contributed by atoms with E-state index < -0.39 is 6.10 Å². The monoisotopic (exact) mass is 349 g/mol. The number of fused-ring (bicyclic) bond motifs is 1. The van der Waals surface area contributed by atoms with Gasteiger partial charge < -0.3 is 14.8 Å². The van der Waals surface area contributed by atoms with E-state index in [2.05, 4.69) is 10.4 Å². The highest BCUT2D eigenvalue weighted by atomic mass is 16.6. The van der Waals surface area contributed by atoms with Crippen LogP contribution in [0.15, 0.2) is 66.9 Å². The minimum Gasteiger partial charge on any atom is -0.485 e. The number of carbonyl (C=O) groups excluding carboxylic acids is 1. The number of hydrogen-bond acceptors (Lipinski definition) is 4. The first-order valence-corrected chi connectivity index (χ1v) is 8.56. The largest absolute Gasteiger partial charge is 0.485 e. The van der Waals surface area contributed by atoms with Gasteiger partial charge >= 0.3 is 0 Å². The summed E-state index contributed by atoms with van der Waals surface area (Å²) in [5.74, 6) is 1.09. The Kier molecular flexibility index (Phi) is 4.55. The van der Waals surface area contributed by atoms with E-state index in [1.54, 1.807) is 6.07 Å². The summed E-state index contributed by atoms with van der Waals surface area (Å²) in [6, 6.07) is 19.2. The lowest BCUT2D eigenvalue weighted by molar-refractivity contribution is -0.130. The van der Waals surface area contributed by atoms with Crippen LogP contribution in [-0.2, 0) is 11.2 Å². The molecule has 1 aliphatic rings. The van der Waals surface area contributed by atoms with Crippen molar-refractivity contribution >= 4 is 5.91 Å². The second-order valence-electron chi connectivity index (χ2n) is 5.99. The van der Waals surface area contributed by atoms with Gasteiger partial charge in [-0.05, 0) is 30.3 Å². The van der Waals surface area contributed by atoms with E-state index in [9.17, 15) is 4.79 Å². The molecule has 1 amide bonds. The van der Waals surface area contributed by atoms with Gasteiger partial charge in [-0.25, -0.2) is 4.68 Å². The molecule has 26 heavy (non-hydrogen) atoms. The molecule has 2 aromatic carbocycles. The molecule has 1 atom stereocenters. The van der Waals surface area contributed by atoms with Crippen LogP contribution in [0.3, 0.4) is 0 Å². The van der Waals surface area contributed by atoms with Gasteiger partial charge in [-0.15, -0.1) is 0 Å². The summed E-state index contributed by atoms with van der Waals surface area (Å²) in [5.41, 5.74) is 1.93. The Morgan fingerprint density at radius 2 is 1.85 bits per heavy atom. The third-order valence-corrected chi connectivity index (χ3v) is 4.15. The highest BCUT2D eigenvalue weighted by Crippen LogP contribution is 2.30. The van der Waals surface area contributed by atoms with Crippen molar-refractivity contribution in [2.75, 3.05) is 13.2 Å². The zero-order valence-electron chi connectivity index (χ0n) is 14.2. The van der Waals surface area contributed by atoms with Gasteiger partial charge in [0.1, 0.15) is 6.61 Å². The van der Waals surface area contributed by atoms with Crippen LogP contribution in [0.1, 0.15) is 5.69 Å². The van der Waals surface area contributed by atoms with Crippen LogP contribution in [-0.4, -0.2) is 34.9 Å². The predicted molar refractivity (Wildman–Crippen MR) is 96.6 cm³/mol. The fourth-order valence-electron chi connectivity index (χ4n) is 2.80. The van der Waals surface area contributed by atoms with Crippen molar-refractivity contribution in [1.82, 2.24) is 15.1 Å². The maximum atomic E-state index is 12.3. The molecular formula is C20H19N3O3. The number of benzene rings is 2. The van der Waals surface area contributed by atoms with E-state index >= 15 is 0 Å². The molecule has 1 aromatic heterocycles. The molecule has 0 radical (unpaired) electrons. The number of amides is 1. The van der Waals surface area contributed by atoms with Crippen LogP contribution >= 0.6 is 0 Å². The lowest BCUT2D eigenvalue weighted by Gasteiger charge is -2.25. The molecule has 0 spiro atoms. The van der Waals surface area contributed by atoms with Gasteiger partial charge in [0.15, 0.2) is 11.5 Å². The average Bonchev–Trinajstić information content (AvgIpc) is 3.17. The predicted octanol–water partition coefficient (Wildman–Crippen LogP) is 2.37.